The van der Waals surface area contributed by atoms with Crippen LogP contribution in [0, 0.1) is 0 Å². The van der Waals surface area contributed by atoms with Crippen LogP contribution in [0.2, 0.25) is 0 Å². The summed E-state index contributed by atoms with van der Waals surface area (Å²) >= 11 is 0. The van der Waals surface area contributed by atoms with E-state index in [1.54, 1.807) is 38.1 Å². The minimum atomic E-state index is -4.02. The van der Waals surface area contributed by atoms with Crippen molar-refractivity contribution in [2.24, 2.45) is 0 Å². The zero-order valence-electron chi connectivity index (χ0n) is 19.0. The summed E-state index contributed by atoms with van der Waals surface area (Å²) < 4.78 is 26.4. The normalized spacial score (nSPS) is 21.4. The van der Waals surface area contributed by atoms with Gasteiger partial charge in [-0.25, -0.2) is 12.7 Å². The van der Waals surface area contributed by atoms with E-state index in [9.17, 15) is 27.6 Å². The largest absolute Gasteiger partial charge is 0.322 e. The van der Waals surface area contributed by atoms with Crippen molar-refractivity contribution in [2.75, 3.05) is 5.32 Å². The Kier molecular flexibility index (Phi) is 5.80. The first kappa shape index (κ1) is 23.6. The predicted octanol–water partition coefficient (Wildman–Crippen LogP) is 2.58. The van der Waals surface area contributed by atoms with Gasteiger partial charge in [0.15, 0.2) is 0 Å². The Morgan fingerprint density at radius 3 is 2.38 bits per heavy atom. The lowest BCUT2D eigenvalue weighted by atomic mass is 9.72. The number of anilines is 1. The summed E-state index contributed by atoms with van der Waals surface area (Å²) in [5, 5.41) is 5.12. The van der Waals surface area contributed by atoms with E-state index >= 15 is 0 Å². The topological polar surface area (TPSA) is 130 Å². The first-order chi connectivity index (χ1) is 16.0. The zero-order chi connectivity index (χ0) is 24.8. The van der Waals surface area contributed by atoms with Crippen molar-refractivity contribution in [3.05, 3.63) is 59.2 Å². The van der Waals surface area contributed by atoms with Gasteiger partial charge in [-0.3, -0.25) is 24.5 Å². The molecule has 2 aliphatic heterocycles. The van der Waals surface area contributed by atoms with Gasteiger partial charge in [0.05, 0.1) is 11.0 Å². The van der Waals surface area contributed by atoms with Crippen LogP contribution in [0.1, 0.15) is 66.3 Å². The fourth-order valence-electron chi connectivity index (χ4n) is 4.54. The number of nitrogens with one attached hydrogen (secondary N) is 2. The number of sulfonamides is 1. The third-order valence-electron chi connectivity index (χ3n) is 6.45. The van der Waals surface area contributed by atoms with Crippen LogP contribution in [0.3, 0.4) is 0 Å². The molecule has 0 aliphatic carbocycles. The Morgan fingerprint density at radius 1 is 1.12 bits per heavy atom. The van der Waals surface area contributed by atoms with Crippen molar-refractivity contribution in [3.8, 4) is 0 Å². The molecule has 34 heavy (non-hydrogen) atoms. The number of amides is 4. The van der Waals surface area contributed by atoms with Crippen LogP contribution in [-0.4, -0.2) is 42.4 Å². The summed E-state index contributed by atoms with van der Waals surface area (Å²) in [5.41, 5.74) is 0.535. The molecule has 1 saturated heterocycles. The highest BCUT2D eigenvalue weighted by atomic mass is 32.2. The molecule has 2 heterocycles. The molecule has 0 saturated carbocycles. The summed E-state index contributed by atoms with van der Waals surface area (Å²) in [4.78, 5) is 49.2. The molecule has 1 unspecified atom stereocenters. The highest BCUT2D eigenvalue weighted by molar-refractivity contribution is 7.90. The number of carbonyl (C=O) groups is 4. The average molecular weight is 484 g/mol. The second-order valence-electron chi connectivity index (χ2n) is 8.76. The Hall–Kier alpha value is -3.53. The van der Waals surface area contributed by atoms with Crippen LogP contribution in [0.4, 0.5) is 5.69 Å². The van der Waals surface area contributed by atoms with Gasteiger partial charge in [-0.05, 0) is 62.6 Å². The van der Waals surface area contributed by atoms with E-state index in [0.29, 0.717) is 18.5 Å². The summed E-state index contributed by atoms with van der Waals surface area (Å²) in [6, 6.07) is 10.2. The second kappa shape index (κ2) is 8.35. The predicted molar refractivity (Wildman–Crippen MR) is 124 cm³/mol. The summed E-state index contributed by atoms with van der Waals surface area (Å²) in [6.45, 7) is 5.10. The molecule has 0 aromatic heterocycles. The number of carbonyl (C=O) groups excluding carboxylic acids is 4. The van der Waals surface area contributed by atoms with Gasteiger partial charge in [0.25, 0.3) is 21.8 Å². The third kappa shape index (κ3) is 3.67. The number of rotatable bonds is 5. The van der Waals surface area contributed by atoms with Crippen LogP contribution in [0.15, 0.2) is 47.4 Å². The Morgan fingerprint density at radius 2 is 1.79 bits per heavy atom. The van der Waals surface area contributed by atoms with Crippen molar-refractivity contribution in [1.29, 1.82) is 0 Å². The second-order valence-corrected chi connectivity index (χ2v) is 10.5. The van der Waals surface area contributed by atoms with Gasteiger partial charge < -0.3 is 5.32 Å². The lowest BCUT2D eigenvalue weighted by Gasteiger charge is -2.35. The van der Waals surface area contributed by atoms with Gasteiger partial charge in [-0.2, -0.15) is 0 Å². The Bertz CT molecular complexity index is 1320. The van der Waals surface area contributed by atoms with Crippen LogP contribution in [0.25, 0.3) is 0 Å². The molecule has 0 bridgehead atoms. The number of hydrogen-bond donors (Lipinski definition) is 2. The molecule has 2 aliphatic rings. The first-order valence-electron chi connectivity index (χ1n) is 11.0. The number of fused-ring (bicyclic) bond motifs is 1. The fourth-order valence-corrected chi connectivity index (χ4v) is 6.33. The average Bonchev–Trinajstić information content (AvgIpc) is 2.99. The SMILES string of the molecule is CCC1(c2ccc(NC(=O)c3ccc4c(c3)S(=O)(=O)N(C(C)C)C4=O)cc2)CCC(=O)NC1=O. The first-order valence-corrected chi connectivity index (χ1v) is 12.4. The summed E-state index contributed by atoms with van der Waals surface area (Å²) in [6.07, 6.45) is 1.19. The Balaban J connectivity index is 1.56. The molecule has 0 spiro atoms. The highest BCUT2D eigenvalue weighted by Gasteiger charge is 2.44. The standard InChI is InChI=1S/C24H25N3O6S/c1-4-24(12-11-20(28)26-23(24)31)16-6-8-17(9-7-16)25-21(29)15-5-10-18-19(13-15)34(32,33)27(14(2)3)22(18)30/h5-10,13-14H,4,11-12H2,1-3H3,(H,25,29)(H,26,28,31). The molecule has 4 rings (SSSR count). The number of piperidine rings is 1. The Labute approximate surface area is 197 Å². The maximum absolute atomic E-state index is 12.8. The third-order valence-corrected chi connectivity index (χ3v) is 8.44. The van der Waals surface area contributed by atoms with Crippen LogP contribution >= 0.6 is 0 Å². The minimum Gasteiger partial charge on any atom is -0.322 e. The van der Waals surface area contributed by atoms with Crippen LogP contribution < -0.4 is 10.6 Å². The maximum Gasteiger partial charge on any atom is 0.269 e. The van der Waals surface area contributed by atoms with Gasteiger partial charge in [-0.15, -0.1) is 0 Å². The molecular weight excluding hydrogens is 458 g/mol. The van der Waals surface area contributed by atoms with Crippen molar-refractivity contribution in [3.63, 3.8) is 0 Å². The molecular formula is C24H25N3O6S. The van der Waals surface area contributed by atoms with Gasteiger partial charge in [0.1, 0.15) is 4.90 Å². The molecule has 4 amide bonds. The molecule has 178 valence electrons. The fraction of sp³-hybridized carbons (Fsp3) is 0.333. The zero-order valence-corrected chi connectivity index (χ0v) is 19.9. The molecule has 9 nitrogen and oxygen atoms in total. The number of nitrogens with zero attached hydrogens (tertiary/aromatic N) is 1. The van der Waals surface area contributed by atoms with Gasteiger partial charge in [0.2, 0.25) is 11.8 Å². The van der Waals surface area contributed by atoms with Gasteiger partial charge >= 0.3 is 0 Å². The van der Waals surface area contributed by atoms with E-state index in [1.165, 1.54) is 18.2 Å². The van der Waals surface area contributed by atoms with Crippen molar-refractivity contribution < 1.29 is 27.6 Å². The molecule has 2 N–H and O–H groups in total. The lowest BCUT2D eigenvalue weighted by molar-refractivity contribution is -0.138. The van der Waals surface area contributed by atoms with E-state index < -0.39 is 33.3 Å². The summed E-state index contributed by atoms with van der Waals surface area (Å²) in [5.74, 6) is -1.75. The van der Waals surface area contributed by atoms with E-state index in [2.05, 4.69) is 10.6 Å². The van der Waals surface area contributed by atoms with E-state index in [0.717, 1.165) is 9.87 Å². The van der Waals surface area contributed by atoms with E-state index in [4.69, 9.17) is 0 Å². The minimum absolute atomic E-state index is 0.0451. The quantitative estimate of drug-likeness (QED) is 0.629. The lowest BCUT2D eigenvalue weighted by Crippen LogP contribution is -2.51. The smallest absolute Gasteiger partial charge is 0.269 e. The highest BCUT2D eigenvalue weighted by Crippen LogP contribution is 2.36. The van der Waals surface area contributed by atoms with Crippen LogP contribution in [-0.2, 0) is 25.0 Å². The van der Waals surface area contributed by atoms with E-state index in [1.807, 2.05) is 6.92 Å². The van der Waals surface area contributed by atoms with Crippen molar-refractivity contribution in [1.82, 2.24) is 9.62 Å². The molecule has 10 heteroatoms. The molecule has 0 radical (unpaired) electrons. The molecule has 2 aromatic rings. The van der Waals surface area contributed by atoms with Gasteiger partial charge in [-0.1, -0.05) is 19.1 Å². The number of benzene rings is 2. The molecule has 1 atom stereocenters. The van der Waals surface area contributed by atoms with Gasteiger partial charge in [0, 0.05) is 23.7 Å². The summed E-state index contributed by atoms with van der Waals surface area (Å²) in [7, 11) is -4.02. The maximum atomic E-state index is 12.8. The number of imide groups is 1. The van der Waals surface area contributed by atoms with E-state index in [-0.39, 0.29) is 34.3 Å². The molecule has 1 fully saturated rings. The van der Waals surface area contributed by atoms with Crippen molar-refractivity contribution >= 4 is 39.3 Å². The van der Waals surface area contributed by atoms with Crippen LogP contribution in [0.5, 0.6) is 0 Å². The van der Waals surface area contributed by atoms with Crippen molar-refractivity contribution in [2.45, 2.75) is 56.4 Å². The monoisotopic (exact) mass is 483 g/mol. The molecule has 2 aromatic carbocycles. The number of hydrogen-bond acceptors (Lipinski definition) is 6.